The number of aromatic nitrogens is 6. The highest BCUT2D eigenvalue weighted by Crippen LogP contribution is 2.30. The number of anilines is 1. The molecule has 0 spiro atoms. The number of carbonyl (C=O) groups excluding carboxylic acids is 1. The Labute approximate surface area is 165 Å². The van der Waals surface area contributed by atoms with Crippen molar-refractivity contribution in [2.75, 3.05) is 5.32 Å². The fourth-order valence-corrected chi connectivity index (χ4v) is 3.17. The van der Waals surface area contributed by atoms with Crippen molar-refractivity contribution in [2.24, 2.45) is 0 Å². The summed E-state index contributed by atoms with van der Waals surface area (Å²) in [5.41, 5.74) is 4.68. The van der Waals surface area contributed by atoms with Gasteiger partial charge in [-0.15, -0.1) is 0 Å². The van der Waals surface area contributed by atoms with Crippen LogP contribution in [0, 0.1) is 0 Å². The second-order valence-electron chi connectivity index (χ2n) is 6.44. The van der Waals surface area contributed by atoms with Gasteiger partial charge in [-0.2, -0.15) is 10.2 Å². The van der Waals surface area contributed by atoms with Crippen LogP contribution in [0.4, 0.5) is 5.69 Å². The summed E-state index contributed by atoms with van der Waals surface area (Å²) in [4.78, 5) is 20.6. The average Bonchev–Trinajstić information content (AvgIpc) is 3.44. The minimum absolute atomic E-state index is 0.213. The zero-order valence-electron chi connectivity index (χ0n) is 15.1. The molecule has 8 nitrogen and oxygen atoms in total. The van der Waals surface area contributed by atoms with E-state index in [9.17, 15) is 4.79 Å². The summed E-state index contributed by atoms with van der Waals surface area (Å²) in [7, 11) is 0. The zero-order chi connectivity index (χ0) is 19.6. The van der Waals surface area contributed by atoms with Crippen LogP contribution in [0.15, 0.2) is 73.3 Å². The molecule has 0 atom stereocenters. The topological polar surface area (TPSA) is 112 Å². The predicted octanol–water partition coefficient (Wildman–Crippen LogP) is 3.66. The molecule has 29 heavy (non-hydrogen) atoms. The van der Waals surface area contributed by atoms with Gasteiger partial charge in [-0.25, -0.2) is 4.98 Å². The molecular formula is C21H15N7O. The monoisotopic (exact) mass is 381 g/mol. The minimum atomic E-state index is -0.213. The van der Waals surface area contributed by atoms with E-state index < -0.39 is 0 Å². The van der Waals surface area contributed by atoms with E-state index in [1.54, 1.807) is 18.3 Å². The first-order valence-electron chi connectivity index (χ1n) is 8.93. The van der Waals surface area contributed by atoms with Crippen LogP contribution < -0.4 is 5.32 Å². The minimum Gasteiger partial charge on any atom is -0.322 e. The van der Waals surface area contributed by atoms with Crippen molar-refractivity contribution in [3.63, 3.8) is 0 Å². The van der Waals surface area contributed by atoms with Gasteiger partial charge < -0.3 is 5.32 Å². The molecule has 3 heterocycles. The maximum absolute atomic E-state index is 12.4. The quantitative estimate of drug-likeness (QED) is 0.440. The molecule has 0 fully saturated rings. The van der Waals surface area contributed by atoms with E-state index in [0.29, 0.717) is 17.1 Å². The van der Waals surface area contributed by atoms with Crippen LogP contribution in [-0.2, 0) is 0 Å². The van der Waals surface area contributed by atoms with Crippen molar-refractivity contribution in [2.45, 2.75) is 0 Å². The molecule has 0 bridgehead atoms. The van der Waals surface area contributed by atoms with Gasteiger partial charge in [0, 0.05) is 34.6 Å². The van der Waals surface area contributed by atoms with Gasteiger partial charge in [-0.1, -0.05) is 12.1 Å². The third kappa shape index (κ3) is 3.23. The van der Waals surface area contributed by atoms with E-state index in [2.05, 4.69) is 35.7 Å². The molecule has 5 aromatic rings. The predicted molar refractivity (Wildman–Crippen MR) is 109 cm³/mol. The summed E-state index contributed by atoms with van der Waals surface area (Å²) in [6.07, 6.45) is 4.64. The molecule has 1 amide bonds. The van der Waals surface area contributed by atoms with Crippen molar-refractivity contribution >= 4 is 22.5 Å². The molecular weight excluding hydrogens is 366 g/mol. The van der Waals surface area contributed by atoms with Crippen LogP contribution in [0.5, 0.6) is 0 Å². The standard InChI is InChI=1S/C21H15N7O/c29-21(15-4-2-8-22-11-15)25-16-5-1-3-13(9-16)19-17-10-14(20-23-12-24-28-20)6-7-18(17)26-27-19/h1-12H,(H,25,29)(H,26,27)(H,23,24,28). The van der Waals surface area contributed by atoms with Crippen LogP contribution in [0.1, 0.15) is 10.4 Å². The summed E-state index contributed by atoms with van der Waals surface area (Å²) in [6, 6.07) is 16.9. The molecule has 0 saturated heterocycles. The largest absolute Gasteiger partial charge is 0.322 e. The Morgan fingerprint density at radius 1 is 0.966 bits per heavy atom. The number of fused-ring (bicyclic) bond motifs is 1. The number of nitrogens with zero attached hydrogens (tertiary/aromatic N) is 4. The molecule has 0 saturated carbocycles. The maximum Gasteiger partial charge on any atom is 0.257 e. The van der Waals surface area contributed by atoms with Crippen LogP contribution in [0.2, 0.25) is 0 Å². The van der Waals surface area contributed by atoms with Crippen LogP contribution in [-0.4, -0.2) is 36.3 Å². The molecule has 0 aliphatic rings. The van der Waals surface area contributed by atoms with Crippen LogP contribution >= 0.6 is 0 Å². The van der Waals surface area contributed by atoms with Crippen molar-refractivity contribution < 1.29 is 4.79 Å². The second kappa shape index (κ2) is 7.01. The summed E-state index contributed by atoms with van der Waals surface area (Å²) in [5.74, 6) is 0.478. The number of hydrogen-bond donors (Lipinski definition) is 3. The number of nitrogens with one attached hydrogen (secondary N) is 3. The SMILES string of the molecule is O=C(Nc1cccc(-c2n[nH]c3ccc(-c4ncn[nH]4)cc23)c1)c1cccnc1. The number of amides is 1. The third-order valence-corrected chi connectivity index (χ3v) is 4.57. The summed E-state index contributed by atoms with van der Waals surface area (Å²) < 4.78 is 0. The molecule has 140 valence electrons. The third-order valence-electron chi connectivity index (χ3n) is 4.57. The molecule has 0 aliphatic heterocycles. The highest BCUT2D eigenvalue weighted by Gasteiger charge is 2.12. The first-order valence-corrected chi connectivity index (χ1v) is 8.93. The van der Waals surface area contributed by atoms with Crippen molar-refractivity contribution in [3.8, 4) is 22.6 Å². The van der Waals surface area contributed by atoms with Gasteiger partial charge in [0.25, 0.3) is 5.91 Å². The number of H-pyrrole nitrogens is 2. The fourth-order valence-electron chi connectivity index (χ4n) is 3.17. The molecule has 5 rings (SSSR count). The van der Waals surface area contributed by atoms with E-state index in [-0.39, 0.29) is 5.91 Å². The van der Waals surface area contributed by atoms with Gasteiger partial charge in [0.2, 0.25) is 0 Å². The van der Waals surface area contributed by atoms with Crippen molar-refractivity contribution in [1.29, 1.82) is 0 Å². The second-order valence-corrected chi connectivity index (χ2v) is 6.44. The Morgan fingerprint density at radius 2 is 1.93 bits per heavy atom. The summed E-state index contributed by atoms with van der Waals surface area (Å²) in [6.45, 7) is 0. The lowest BCUT2D eigenvalue weighted by Crippen LogP contribution is -2.11. The number of benzene rings is 2. The molecule has 0 radical (unpaired) electrons. The van der Waals surface area contributed by atoms with E-state index in [4.69, 9.17) is 0 Å². The van der Waals surface area contributed by atoms with Crippen molar-refractivity contribution in [3.05, 3.63) is 78.9 Å². The Bertz CT molecular complexity index is 1290. The molecule has 8 heteroatoms. The first-order chi connectivity index (χ1) is 14.3. The lowest BCUT2D eigenvalue weighted by atomic mass is 10.0. The number of carbonyl (C=O) groups is 1. The van der Waals surface area contributed by atoms with Gasteiger partial charge in [0.05, 0.1) is 16.8 Å². The molecule has 3 aromatic heterocycles. The van der Waals surface area contributed by atoms with E-state index in [1.165, 1.54) is 12.5 Å². The van der Waals surface area contributed by atoms with Gasteiger partial charge >= 0.3 is 0 Å². The van der Waals surface area contributed by atoms with E-state index >= 15 is 0 Å². The highest BCUT2D eigenvalue weighted by atomic mass is 16.1. The Balaban J connectivity index is 1.50. The smallest absolute Gasteiger partial charge is 0.257 e. The average molecular weight is 381 g/mol. The van der Waals surface area contributed by atoms with Gasteiger partial charge in [0.15, 0.2) is 5.82 Å². The Morgan fingerprint density at radius 3 is 2.76 bits per heavy atom. The molecule has 3 N–H and O–H groups in total. The molecule has 0 aliphatic carbocycles. The Hall–Kier alpha value is -4.33. The van der Waals surface area contributed by atoms with Gasteiger partial charge in [-0.3, -0.25) is 20.0 Å². The normalized spacial score (nSPS) is 10.9. The summed E-state index contributed by atoms with van der Waals surface area (Å²) >= 11 is 0. The highest BCUT2D eigenvalue weighted by molar-refractivity contribution is 6.04. The molecule has 0 unspecified atom stereocenters. The lowest BCUT2D eigenvalue weighted by molar-refractivity contribution is 0.102. The van der Waals surface area contributed by atoms with Gasteiger partial charge in [-0.05, 0) is 42.5 Å². The summed E-state index contributed by atoms with van der Waals surface area (Å²) in [5, 5.41) is 18.2. The Kier molecular flexibility index (Phi) is 4.06. The van der Waals surface area contributed by atoms with Gasteiger partial charge in [0.1, 0.15) is 6.33 Å². The molecule has 2 aromatic carbocycles. The first kappa shape index (κ1) is 16.8. The fraction of sp³-hybridized carbons (Fsp3) is 0. The zero-order valence-corrected chi connectivity index (χ0v) is 15.1. The lowest BCUT2D eigenvalue weighted by Gasteiger charge is -2.07. The number of aromatic amines is 2. The number of rotatable bonds is 4. The van der Waals surface area contributed by atoms with E-state index in [1.807, 2.05) is 42.5 Å². The van der Waals surface area contributed by atoms with Crippen molar-refractivity contribution in [1.82, 2.24) is 30.4 Å². The van der Waals surface area contributed by atoms with Crippen LogP contribution in [0.3, 0.4) is 0 Å². The van der Waals surface area contributed by atoms with Crippen LogP contribution in [0.25, 0.3) is 33.5 Å². The maximum atomic E-state index is 12.4. The number of hydrogen-bond acceptors (Lipinski definition) is 5. The van der Waals surface area contributed by atoms with E-state index in [0.717, 1.165) is 27.7 Å². The number of pyridine rings is 1.